The number of urea groups is 1. The minimum Gasteiger partial charge on any atom is -0.487 e. The average molecular weight is 577 g/mol. The zero-order valence-corrected chi connectivity index (χ0v) is 20.8. The number of ether oxygens (including phenoxy) is 1. The third-order valence-corrected chi connectivity index (χ3v) is 6.16. The topological polar surface area (TPSA) is 58.6 Å². The molecule has 4 rings (SSSR count). The summed E-state index contributed by atoms with van der Waals surface area (Å²) < 4.78 is 7.42. The van der Waals surface area contributed by atoms with E-state index in [0.717, 1.165) is 19.4 Å². The van der Waals surface area contributed by atoms with Crippen LogP contribution in [0.4, 0.5) is 10.5 Å². The molecule has 0 atom stereocenters. The molecule has 3 amide bonds. The zero-order valence-electron chi connectivity index (χ0n) is 16.9. The standard InChI is InChI=1S/C24H17Br2ClN2O3/c1-14-4-2-5-15(8-14)13-32-22-19(25)9-16(10-20(22)26)11-21-23(30)29(24(31)28-21)18-7-3-6-17(27)12-18/h2-12H,13H2,1H3,(H,28,31)/b21-11+. The van der Waals surface area contributed by atoms with Crippen molar-refractivity contribution in [3.05, 3.63) is 97.0 Å². The molecule has 0 bridgehead atoms. The number of nitrogens with zero attached hydrogens (tertiary/aromatic N) is 1. The fourth-order valence-electron chi connectivity index (χ4n) is 3.31. The van der Waals surface area contributed by atoms with E-state index in [0.29, 0.717) is 28.6 Å². The minimum absolute atomic E-state index is 0.169. The van der Waals surface area contributed by atoms with Crippen molar-refractivity contribution < 1.29 is 14.3 Å². The van der Waals surface area contributed by atoms with Crippen LogP contribution in [-0.2, 0) is 11.4 Å². The van der Waals surface area contributed by atoms with E-state index in [9.17, 15) is 9.59 Å². The molecule has 0 aliphatic carbocycles. The molecule has 162 valence electrons. The van der Waals surface area contributed by atoms with Gasteiger partial charge in [-0.2, -0.15) is 0 Å². The number of carbonyl (C=O) groups is 2. The summed E-state index contributed by atoms with van der Waals surface area (Å²) in [6, 6.07) is 17.8. The highest BCUT2D eigenvalue weighted by Crippen LogP contribution is 2.36. The van der Waals surface area contributed by atoms with Gasteiger partial charge in [-0.15, -0.1) is 0 Å². The zero-order chi connectivity index (χ0) is 22.8. The lowest BCUT2D eigenvalue weighted by Gasteiger charge is -2.12. The highest BCUT2D eigenvalue weighted by atomic mass is 79.9. The number of hydrogen-bond acceptors (Lipinski definition) is 3. The lowest BCUT2D eigenvalue weighted by molar-refractivity contribution is -0.113. The third kappa shape index (κ3) is 4.90. The molecule has 0 unspecified atom stereocenters. The number of rotatable bonds is 5. The van der Waals surface area contributed by atoms with Crippen LogP contribution in [0.2, 0.25) is 5.02 Å². The van der Waals surface area contributed by atoms with Gasteiger partial charge in [-0.25, -0.2) is 9.69 Å². The van der Waals surface area contributed by atoms with Gasteiger partial charge in [-0.3, -0.25) is 4.79 Å². The summed E-state index contributed by atoms with van der Waals surface area (Å²) in [4.78, 5) is 26.3. The number of anilines is 1. The Bertz CT molecular complexity index is 1240. The van der Waals surface area contributed by atoms with Crippen LogP contribution in [0, 0.1) is 6.92 Å². The number of hydrogen-bond donors (Lipinski definition) is 1. The monoisotopic (exact) mass is 574 g/mol. The SMILES string of the molecule is Cc1cccc(COc2c(Br)cc(/C=C3/NC(=O)N(c4cccc(Cl)c4)C3=O)cc2Br)c1. The highest BCUT2D eigenvalue weighted by molar-refractivity contribution is 9.11. The van der Waals surface area contributed by atoms with Crippen LogP contribution in [0.1, 0.15) is 16.7 Å². The van der Waals surface area contributed by atoms with Gasteiger partial charge in [-0.05, 0) is 86.3 Å². The molecule has 0 aromatic heterocycles. The fourth-order valence-corrected chi connectivity index (χ4v) is 4.94. The van der Waals surface area contributed by atoms with E-state index in [1.807, 2.05) is 37.3 Å². The normalized spacial score (nSPS) is 14.8. The first-order valence-electron chi connectivity index (χ1n) is 9.62. The van der Waals surface area contributed by atoms with Crippen LogP contribution < -0.4 is 15.0 Å². The van der Waals surface area contributed by atoms with Crippen molar-refractivity contribution in [3.63, 3.8) is 0 Å². The van der Waals surface area contributed by atoms with Crippen LogP contribution >= 0.6 is 43.5 Å². The molecule has 0 saturated carbocycles. The molecular formula is C24H17Br2ClN2O3. The Balaban J connectivity index is 1.55. The van der Waals surface area contributed by atoms with Gasteiger partial charge >= 0.3 is 6.03 Å². The molecular weight excluding hydrogens is 560 g/mol. The van der Waals surface area contributed by atoms with Crippen molar-refractivity contribution in [2.24, 2.45) is 0 Å². The second-order valence-corrected chi connectivity index (χ2v) is 9.35. The van der Waals surface area contributed by atoms with Gasteiger partial charge in [-0.1, -0.05) is 47.5 Å². The Hall–Kier alpha value is -2.61. The maximum Gasteiger partial charge on any atom is 0.333 e. The van der Waals surface area contributed by atoms with Gasteiger partial charge < -0.3 is 10.1 Å². The number of amides is 3. The Morgan fingerprint density at radius 3 is 2.44 bits per heavy atom. The predicted molar refractivity (Wildman–Crippen MR) is 133 cm³/mol. The van der Waals surface area contributed by atoms with Crippen molar-refractivity contribution in [1.29, 1.82) is 0 Å². The van der Waals surface area contributed by atoms with Gasteiger partial charge in [0.1, 0.15) is 18.1 Å². The average Bonchev–Trinajstić information content (AvgIpc) is 3.00. The first-order chi connectivity index (χ1) is 15.3. The Morgan fingerprint density at radius 1 is 1.03 bits per heavy atom. The van der Waals surface area contributed by atoms with E-state index in [4.69, 9.17) is 16.3 Å². The second kappa shape index (κ2) is 9.48. The lowest BCUT2D eigenvalue weighted by atomic mass is 10.1. The number of benzene rings is 3. The van der Waals surface area contributed by atoms with E-state index in [1.165, 1.54) is 5.56 Å². The molecule has 0 spiro atoms. The van der Waals surface area contributed by atoms with Crippen molar-refractivity contribution >= 4 is 67.2 Å². The van der Waals surface area contributed by atoms with Crippen LogP contribution in [0.25, 0.3) is 6.08 Å². The molecule has 3 aromatic carbocycles. The maximum atomic E-state index is 12.8. The molecule has 1 aliphatic heterocycles. The quantitative estimate of drug-likeness (QED) is 0.267. The predicted octanol–water partition coefficient (Wildman–Crippen LogP) is 6.85. The largest absolute Gasteiger partial charge is 0.487 e. The van der Waals surface area contributed by atoms with E-state index >= 15 is 0 Å². The summed E-state index contributed by atoms with van der Waals surface area (Å²) in [6.45, 7) is 2.46. The molecule has 1 N–H and O–H groups in total. The van der Waals surface area contributed by atoms with E-state index < -0.39 is 11.9 Å². The first kappa shape index (κ1) is 22.6. The molecule has 8 heteroatoms. The Morgan fingerprint density at radius 2 is 1.75 bits per heavy atom. The molecule has 3 aromatic rings. The van der Waals surface area contributed by atoms with Gasteiger partial charge in [0, 0.05) is 5.02 Å². The minimum atomic E-state index is -0.528. The van der Waals surface area contributed by atoms with Crippen LogP contribution in [0.5, 0.6) is 5.75 Å². The molecule has 1 saturated heterocycles. The number of aryl methyl sites for hydroxylation is 1. The number of imide groups is 1. The van der Waals surface area contributed by atoms with Crippen LogP contribution in [-0.4, -0.2) is 11.9 Å². The summed E-state index contributed by atoms with van der Waals surface area (Å²) in [5, 5.41) is 3.06. The Kier molecular flexibility index (Phi) is 6.69. The molecule has 32 heavy (non-hydrogen) atoms. The summed E-state index contributed by atoms with van der Waals surface area (Å²) in [5.41, 5.74) is 3.52. The van der Waals surface area contributed by atoms with Gasteiger partial charge in [0.15, 0.2) is 0 Å². The highest BCUT2D eigenvalue weighted by Gasteiger charge is 2.35. The van der Waals surface area contributed by atoms with Gasteiger partial charge in [0.05, 0.1) is 14.6 Å². The summed E-state index contributed by atoms with van der Waals surface area (Å²) in [6.07, 6.45) is 1.62. The molecule has 0 radical (unpaired) electrons. The lowest BCUT2D eigenvalue weighted by Crippen LogP contribution is -2.30. The molecule has 1 fully saturated rings. The van der Waals surface area contributed by atoms with Crippen molar-refractivity contribution in [2.45, 2.75) is 13.5 Å². The number of nitrogens with one attached hydrogen (secondary N) is 1. The fraction of sp³-hybridized carbons (Fsp3) is 0.0833. The van der Waals surface area contributed by atoms with Gasteiger partial charge in [0.2, 0.25) is 0 Å². The van der Waals surface area contributed by atoms with Crippen LogP contribution in [0.3, 0.4) is 0 Å². The van der Waals surface area contributed by atoms with E-state index in [2.05, 4.69) is 43.2 Å². The molecule has 5 nitrogen and oxygen atoms in total. The summed E-state index contributed by atoms with van der Waals surface area (Å²) >= 11 is 13.1. The number of carbonyl (C=O) groups excluding carboxylic acids is 2. The van der Waals surface area contributed by atoms with Gasteiger partial charge in [0.25, 0.3) is 5.91 Å². The van der Waals surface area contributed by atoms with E-state index in [-0.39, 0.29) is 5.70 Å². The molecule has 1 heterocycles. The van der Waals surface area contributed by atoms with Crippen molar-refractivity contribution in [1.82, 2.24) is 5.32 Å². The molecule has 1 aliphatic rings. The Labute approximate surface area is 207 Å². The summed E-state index contributed by atoms with van der Waals surface area (Å²) in [7, 11) is 0. The first-order valence-corrected chi connectivity index (χ1v) is 11.6. The van der Waals surface area contributed by atoms with Crippen molar-refractivity contribution in [2.75, 3.05) is 4.90 Å². The summed E-state index contributed by atoms with van der Waals surface area (Å²) in [5.74, 6) is 0.195. The second-order valence-electron chi connectivity index (χ2n) is 7.20. The van der Waals surface area contributed by atoms with Crippen LogP contribution in [0.15, 0.2) is 75.3 Å². The van der Waals surface area contributed by atoms with Crippen molar-refractivity contribution in [3.8, 4) is 5.75 Å². The smallest absolute Gasteiger partial charge is 0.333 e. The maximum absolute atomic E-state index is 12.8. The van der Waals surface area contributed by atoms with E-state index in [1.54, 1.807) is 30.3 Å². The third-order valence-electron chi connectivity index (χ3n) is 4.74. The number of halogens is 3.